The molecule has 1 aliphatic rings. The number of likely N-dealkylation sites (tertiary alicyclic amines) is 1. The Morgan fingerprint density at radius 3 is 2.93 bits per heavy atom. The molecular weight excluding hydrogens is 362 g/mol. The third-order valence-electron chi connectivity index (χ3n) is 4.60. The summed E-state index contributed by atoms with van der Waals surface area (Å²) in [4.78, 5) is 35.0. The number of hydrogen-bond acceptors (Lipinski definition) is 7. The highest BCUT2D eigenvalue weighted by molar-refractivity contribution is 5.93. The van der Waals surface area contributed by atoms with E-state index in [4.69, 9.17) is 13.9 Å². The molecule has 0 spiro atoms. The van der Waals surface area contributed by atoms with Crippen molar-refractivity contribution in [2.75, 3.05) is 20.2 Å². The number of piperidine rings is 1. The molecule has 1 atom stereocenters. The normalized spacial score (nSPS) is 16.8. The number of ether oxygens (including phenoxy) is 2. The van der Waals surface area contributed by atoms with Crippen LogP contribution < -0.4 is 14.9 Å². The summed E-state index contributed by atoms with van der Waals surface area (Å²) in [6.45, 7) is 0.938. The fourth-order valence-electron chi connectivity index (χ4n) is 3.24. The zero-order valence-corrected chi connectivity index (χ0v) is 15.3. The monoisotopic (exact) mass is 381 g/mol. The molecule has 1 saturated heterocycles. The minimum absolute atomic E-state index is 0.0329. The van der Waals surface area contributed by atoms with E-state index in [1.54, 1.807) is 29.2 Å². The van der Waals surface area contributed by atoms with Crippen LogP contribution >= 0.6 is 0 Å². The van der Waals surface area contributed by atoms with Gasteiger partial charge in [0.05, 0.1) is 31.4 Å². The van der Waals surface area contributed by atoms with Gasteiger partial charge < -0.3 is 18.8 Å². The largest absolute Gasteiger partial charge is 0.480 e. The van der Waals surface area contributed by atoms with E-state index in [1.165, 1.54) is 25.6 Å². The first-order chi connectivity index (χ1) is 13.6. The summed E-state index contributed by atoms with van der Waals surface area (Å²) in [5.74, 6) is 0.411. The van der Waals surface area contributed by atoms with Crippen molar-refractivity contribution in [1.82, 2.24) is 14.9 Å². The molecule has 0 radical (unpaired) electrons. The molecule has 3 aromatic rings. The van der Waals surface area contributed by atoms with E-state index >= 15 is 0 Å². The Morgan fingerprint density at radius 2 is 2.07 bits per heavy atom. The Bertz CT molecular complexity index is 1060. The average molecular weight is 381 g/mol. The number of carbonyl (C=O) groups excluding carboxylic acids is 1. The van der Waals surface area contributed by atoms with Crippen LogP contribution in [0.15, 0.2) is 51.9 Å². The Hall–Kier alpha value is -3.42. The third-order valence-corrected chi connectivity index (χ3v) is 4.60. The molecule has 28 heavy (non-hydrogen) atoms. The van der Waals surface area contributed by atoms with Crippen LogP contribution in [0.4, 0.5) is 0 Å². The SMILES string of the molecule is COc1cncc(O[C@@H]2CCCN(C(=O)c3cc(=O)c4ccccc4o3)C2)n1. The van der Waals surface area contributed by atoms with Crippen LogP contribution in [0.2, 0.25) is 0 Å². The lowest BCUT2D eigenvalue weighted by atomic mass is 10.1. The third kappa shape index (κ3) is 3.66. The van der Waals surface area contributed by atoms with Crippen molar-refractivity contribution in [3.8, 4) is 11.8 Å². The van der Waals surface area contributed by atoms with Gasteiger partial charge in [-0.3, -0.25) is 14.6 Å². The van der Waals surface area contributed by atoms with E-state index in [0.717, 1.165) is 12.8 Å². The molecular formula is C20H19N3O5. The van der Waals surface area contributed by atoms with E-state index in [1.807, 2.05) is 0 Å². The smallest absolute Gasteiger partial charge is 0.289 e. The summed E-state index contributed by atoms with van der Waals surface area (Å²) in [5.41, 5.74) is 0.163. The van der Waals surface area contributed by atoms with Gasteiger partial charge in [0.15, 0.2) is 11.2 Å². The standard InChI is InChI=1S/C20H19N3O5/c1-26-18-10-21-11-19(22-18)27-13-5-4-8-23(12-13)20(25)17-9-15(24)14-6-2-3-7-16(14)28-17/h2-3,6-7,9-11,13H,4-5,8,12H2,1H3/t13-/m1/s1. The van der Waals surface area contributed by atoms with E-state index in [2.05, 4.69) is 9.97 Å². The minimum Gasteiger partial charge on any atom is -0.480 e. The van der Waals surface area contributed by atoms with Crippen LogP contribution in [0.25, 0.3) is 11.0 Å². The topological polar surface area (TPSA) is 94.8 Å². The Labute approximate surface area is 160 Å². The number of aromatic nitrogens is 2. The molecule has 2 aromatic heterocycles. The van der Waals surface area contributed by atoms with Gasteiger partial charge in [-0.2, -0.15) is 4.98 Å². The van der Waals surface area contributed by atoms with E-state index in [0.29, 0.717) is 35.8 Å². The molecule has 8 heteroatoms. The quantitative estimate of drug-likeness (QED) is 0.684. The van der Waals surface area contributed by atoms with Gasteiger partial charge in [0, 0.05) is 12.6 Å². The highest BCUT2D eigenvalue weighted by Gasteiger charge is 2.28. The van der Waals surface area contributed by atoms with Crippen LogP contribution in [0.1, 0.15) is 23.4 Å². The molecule has 0 saturated carbocycles. The molecule has 0 aliphatic carbocycles. The lowest BCUT2D eigenvalue weighted by molar-refractivity contribution is 0.0498. The lowest BCUT2D eigenvalue weighted by Gasteiger charge is -2.32. The molecule has 1 aromatic carbocycles. The number of amides is 1. The summed E-state index contributed by atoms with van der Waals surface area (Å²) < 4.78 is 16.6. The average Bonchev–Trinajstić information content (AvgIpc) is 2.73. The number of rotatable bonds is 4. The highest BCUT2D eigenvalue weighted by atomic mass is 16.5. The van der Waals surface area contributed by atoms with Gasteiger partial charge >= 0.3 is 0 Å². The zero-order valence-electron chi connectivity index (χ0n) is 15.3. The maximum Gasteiger partial charge on any atom is 0.289 e. The van der Waals surface area contributed by atoms with Crippen molar-refractivity contribution in [3.05, 3.63) is 58.7 Å². The molecule has 3 heterocycles. The lowest BCUT2D eigenvalue weighted by Crippen LogP contribution is -2.44. The number of benzene rings is 1. The van der Waals surface area contributed by atoms with Gasteiger partial charge in [0.2, 0.25) is 11.8 Å². The summed E-state index contributed by atoms with van der Waals surface area (Å²) >= 11 is 0. The number of para-hydroxylation sites is 1. The number of hydrogen-bond donors (Lipinski definition) is 0. The molecule has 1 amide bonds. The molecule has 1 aliphatic heterocycles. The molecule has 0 N–H and O–H groups in total. The van der Waals surface area contributed by atoms with Crippen LogP contribution in [-0.2, 0) is 0 Å². The first-order valence-electron chi connectivity index (χ1n) is 8.99. The minimum atomic E-state index is -0.326. The maximum atomic E-state index is 12.9. The van der Waals surface area contributed by atoms with Gasteiger partial charge in [-0.15, -0.1) is 0 Å². The van der Waals surface area contributed by atoms with Crippen LogP contribution in [-0.4, -0.2) is 47.1 Å². The predicted molar refractivity (Wildman–Crippen MR) is 101 cm³/mol. The van der Waals surface area contributed by atoms with Crippen molar-refractivity contribution in [2.45, 2.75) is 18.9 Å². The summed E-state index contributed by atoms with van der Waals surface area (Å²) in [5, 5.41) is 0.454. The van der Waals surface area contributed by atoms with Crippen LogP contribution in [0.5, 0.6) is 11.8 Å². The van der Waals surface area contributed by atoms with Crippen molar-refractivity contribution in [3.63, 3.8) is 0 Å². The predicted octanol–water partition coefficient (Wildman–Crippen LogP) is 2.28. The van der Waals surface area contributed by atoms with Gasteiger partial charge in [0.25, 0.3) is 5.91 Å². The molecule has 1 fully saturated rings. The second kappa shape index (κ2) is 7.67. The fraction of sp³-hybridized carbons (Fsp3) is 0.300. The maximum absolute atomic E-state index is 12.9. The molecule has 144 valence electrons. The van der Waals surface area contributed by atoms with Crippen LogP contribution in [0.3, 0.4) is 0 Å². The Balaban J connectivity index is 1.51. The second-order valence-electron chi connectivity index (χ2n) is 6.50. The first kappa shape index (κ1) is 18.0. The van der Waals surface area contributed by atoms with E-state index in [9.17, 15) is 9.59 Å². The Kier molecular flexibility index (Phi) is 4.92. The van der Waals surface area contributed by atoms with Gasteiger partial charge in [0.1, 0.15) is 11.7 Å². The van der Waals surface area contributed by atoms with Gasteiger partial charge in [-0.1, -0.05) is 12.1 Å². The van der Waals surface area contributed by atoms with Crippen LogP contribution in [0, 0.1) is 0 Å². The zero-order chi connectivity index (χ0) is 19.5. The summed E-state index contributed by atoms with van der Waals surface area (Å²) in [7, 11) is 1.51. The Morgan fingerprint density at radius 1 is 1.25 bits per heavy atom. The molecule has 0 unspecified atom stereocenters. The van der Waals surface area contributed by atoms with Crippen molar-refractivity contribution in [1.29, 1.82) is 0 Å². The number of methoxy groups -OCH3 is 1. The fourth-order valence-corrected chi connectivity index (χ4v) is 3.24. The van der Waals surface area contributed by atoms with Crippen molar-refractivity contribution < 1.29 is 18.7 Å². The molecule has 4 rings (SSSR count). The van der Waals surface area contributed by atoms with Crippen molar-refractivity contribution in [2.24, 2.45) is 0 Å². The van der Waals surface area contributed by atoms with E-state index in [-0.39, 0.29) is 23.2 Å². The molecule has 8 nitrogen and oxygen atoms in total. The second-order valence-corrected chi connectivity index (χ2v) is 6.50. The summed E-state index contributed by atoms with van der Waals surface area (Å²) in [6.07, 6.45) is 4.32. The first-order valence-corrected chi connectivity index (χ1v) is 8.99. The van der Waals surface area contributed by atoms with Gasteiger partial charge in [-0.05, 0) is 25.0 Å². The number of fused-ring (bicyclic) bond motifs is 1. The molecule has 0 bridgehead atoms. The number of carbonyl (C=O) groups is 1. The highest BCUT2D eigenvalue weighted by Crippen LogP contribution is 2.20. The number of nitrogens with zero attached hydrogens (tertiary/aromatic N) is 3. The van der Waals surface area contributed by atoms with Crippen molar-refractivity contribution >= 4 is 16.9 Å². The van der Waals surface area contributed by atoms with Gasteiger partial charge in [-0.25, -0.2) is 0 Å². The van der Waals surface area contributed by atoms with E-state index < -0.39 is 0 Å². The summed E-state index contributed by atoms with van der Waals surface area (Å²) in [6, 6.07) is 8.13.